The fourth-order valence-corrected chi connectivity index (χ4v) is 3.43. The van der Waals surface area contributed by atoms with Crippen molar-refractivity contribution in [1.82, 2.24) is 10.3 Å². The number of aliphatic imine (C=N–C) groups is 1. The number of rotatable bonds is 1. The van der Waals surface area contributed by atoms with Crippen LogP contribution in [-0.4, -0.2) is 28.2 Å². The molecule has 0 bridgehead atoms. The third-order valence-corrected chi connectivity index (χ3v) is 4.29. The molecule has 1 N–H and O–H groups in total. The summed E-state index contributed by atoms with van der Waals surface area (Å²) in [7, 11) is 0. The number of carbonyl (C=O) groups excluding carboxylic acids is 1. The van der Waals surface area contributed by atoms with Gasteiger partial charge < -0.3 is 5.32 Å². The molecular weight excluding hydrogens is 306 g/mol. The van der Waals surface area contributed by atoms with Crippen molar-refractivity contribution in [2.24, 2.45) is 4.99 Å². The summed E-state index contributed by atoms with van der Waals surface area (Å²) in [5.41, 5.74) is 1.76. The molecule has 19 heavy (non-hydrogen) atoms. The Morgan fingerprint density at radius 2 is 2.37 bits per heavy atom. The van der Waals surface area contributed by atoms with Crippen LogP contribution in [0.2, 0.25) is 0 Å². The fraction of sp³-hybridized carbons (Fsp3) is 0.500. The summed E-state index contributed by atoms with van der Waals surface area (Å²) in [6, 6.07) is 4.11. The van der Waals surface area contributed by atoms with Gasteiger partial charge in [-0.2, -0.15) is 0 Å². The molecule has 2 atom stereocenters. The quantitative estimate of drug-likeness (QED) is 0.863. The number of hydrogen-bond acceptors (Lipinski definition) is 3. The van der Waals surface area contributed by atoms with E-state index in [1.54, 1.807) is 6.20 Å². The minimum atomic E-state index is -0.193. The molecule has 1 aromatic heterocycles. The first kappa shape index (κ1) is 12.8. The van der Waals surface area contributed by atoms with E-state index in [1.807, 2.05) is 19.1 Å². The van der Waals surface area contributed by atoms with Crippen LogP contribution in [0.1, 0.15) is 38.3 Å². The zero-order chi connectivity index (χ0) is 13.5. The van der Waals surface area contributed by atoms with Crippen molar-refractivity contribution < 1.29 is 4.79 Å². The average molecular weight is 322 g/mol. The molecule has 0 saturated carbocycles. The Hall–Kier alpha value is -1.23. The van der Waals surface area contributed by atoms with Crippen LogP contribution in [0.5, 0.6) is 0 Å². The van der Waals surface area contributed by atoms with Gasteiger partial charge in [0, 0.05) is 16.7 Å². The Balaban J connectivity index is 1.90. The van der Waals surface area contributed by atoms with E-state index in [-0.39, 0.29) is 17.5 Å². The SMILES string of the molecule is C[C@H]1C[C@@]2(CCC(c3cc(Br)ccn3)=N2)CC(=O)N1. The Bertz CT molecular complexity index is 557. The van der Waals surface area contributed by atoms with Crippen LogP contribution in [0.15, 0.2) is 27.8 Å². The zero-order valence-corrected chi connectivity index (χ0v) is 12.4. The van der Waals surface area contributed by atoms with Gasteiger partial charge in [0.2, 0.25) is 5.91 Å². The first-order chi connectivity index (χ1) is 9.06. The molecular formula is C14H16BrN3O. The lowest BCUT2D eigenvalue weighted by molar-refractivity contribution is -0.124. The van der Waals surface area contributed by atoms with Gasteiger partial charge in [0.15, 0.2) is 0 Å². The molecule has 0 aliphatic carbocycles. The smallest absolute Gasteiger partial charge is 0.222 e. The van der Waals surface area contributed by atoms with Gasteiger partial charge in [-0.05, 0) is 38.3 Å². The van der Waals surface area contributed by atoms with Crippen molar-refractivity contribution in [3.63, 3.8) is 0 Å². The van der Waals surface area contributed by atoms with Gasteiger partial charge in [0.25, 0.3) is 0 Å². The molecule has 100 valence electrons. The molecule has 5 heteroatoms. The number of hydrogen-bond donors (Lipinski definition) is 1. The number of nitrogens with one attached hydrogen (secondary N) is 1. The van der Waals surface area contributed by atoms with Crippen molar-refractivity contribution in [3.05, 3.63) is 28.5 Å². The van der Waals surface area contributed by atoms with Gasteiger partial charge in [-0.25, -0.2) is 0 Å². The van der Waals surface area contributed by atoms with Crippen LogP contribution in [0.25, 0.3) is 0 Å². The predicted octanol–water partition coefficient (Wildman–Crippen LogP) is 2.46. The summed E-state index contributed by atoms with van der Waals surface area (Å²) < 4.78 is 1.01. The molecule has 1 amide bonds. The van der Waals surface area contributed by atoms with E-state index in [0.717, 1.165) is 35.1 Å². The van der Waals surface area contributed by atoms with Crippen LogP contribution in [-0.2, 0) is 4.79 Å². The standard InChI is InChI=1S/C14H16BrN3O/c1-9-7-14(8-13(19)17-9)4-2-11(18-14)12-6-10(15)3-5-16-12/h3,5-6,9H,2,4,7-8H2,1H3,(H,17,19)/t9-,14-/m0/s1. The number of pyridine rings is 1. The van der Waals surface area contributed by atoms with Crippen LogP contribution < -0.4 is 5.32 Å². The molecule has 2 aliphatic rings. The minimum absolute atomic E-state index is 0.117. The van der Waals surface area contributed by atoms with Gasteiger partial charge in [-0.1, -0.05) is 15.9 Å². The maximum absolute atomic E-state index is 11.7. The number of piperidine rings is 1. The summed E-state index contributed by atoms with van der Waals surface area (Å²) in [4.78, 5) is 21.0. The number of aromatic nitrogens is 1. The van der Waals surface area contributed by atoms with Gasteiger partial charge in [0.05, 0.1) is 23.4 Å². The average Bonchev–Trinajstić information content (AvgIpc) is 2.71. The van der Waals surface area contributed by atoms with Gasteiger partial charge >= 0.3 is 0 Å². The molecule has 1 saturated heterocycles. The molecule has 0 radical (unpaired) electrons. The predicted molar refractivity (Wildman–Crippen MR) is 77.3 cm³/mol. The van der Waals surface area contributed by atoms with E-state index >= 15 is 0 Å². The van der Waals surface area contributed by atoms with Crippen molar-refractivity contribution in [3.8, 4) is 0 Å². The Morgan fingerprint density at radius 1 is 1.53 bits per heavy atom. The molecule has 1 fully saturated rings. The fourth-order valence-electron chi connectivity index (χ4n) is 3.09. The molecule has 3 heterocycles. The first-order valence-corrected chi connectivity index (χ1v) is 7.36. The maximum atomic E-state index is 11.7. The molecule has 4 nitrogen and oxygen atoms in total. The van der Waals surface area contributed by atoms with Gasteiger partial charge in [-0.3, -0.25) is 14.8 Å². The van der Waals surface area contributed by atoms with Crippen molar-refractivity contribution in [2.45, 2.75) is 44.2 Å². The van der Waals surface area contributed by atoms with Crippen molar-refractivity contribution in [2.75, 3.05) is 0 Å². The number of amides is 1. The van der Waals surface area contributed by atoms with Crippen LogP contribution >= 0.6 is 15.9 Å². The summed E-state index contributed by atoms with van der Waals surface area (Å²) in [5.74, 6) is 0.117. The highest BCUT2D eigenvalue weighted by Crippen LogP contribution is 2.37. The third-order valence-electron chi connectivity index (χ3n) is 3.80. The lowest BCUT2D eigenvalue weighted by atomic mass is 9.83. The van der Waals surface area contributed by atoms with E-state index in [2.05, 4.69) is 26.2 Å². The molecule has 0 unspecified atom stereocenters. The van der Waals surface area contributed by atoms with E-state index in [9.17, 15) is 4.79 Å². The molecule has 2 aliphatic heterocycles. The highest BCUT2D eigenvalue weighted by Gasteiger charge is 2.41. The lowest BCUT2D eigenvalue weighted by Gasteiger charge is -2.34. The van der Waals surface area contributed by atoms with E-state index < -0.39 is 0 Å². The largest absolute Gasteiger partial charge is 0.353 e. The van der Waals surface area contributed by atoms with E-state index in [4.69, 9.17) is 4.99 Å². The van der Waals surface area contributed by atoms with Gasteiger partial charge in [-0.15, -0.1) is 0 Å². The van der Waals surface area contributed by atoms with Crippen LogP contribution in [0, 0.1) is 0 Å². The zero-order valence-electron chi connectivity index (χ0n) is 10.8. The maximum Gasteiger partial charge on any atom is 0.222 e. The van der Waals surface area contributed by atoms with Crippen LogP contribution in [0.3, 0.4) is 0 Å². The number of halogens is 1. The molecule has 1 spiro atoms. The Kier molecular flexibility index (Phi) is 3.17. The summed E-state index contributed by atoms with van der Waals surface area (Å²) >= 11 is 3.46. The second-order valence-electron chi connectivity index (χ2n) is 5.49. The van der Waals surface area contributed by atoms with Gasteiger partial charge in [0.1, 0.15) is 0 Å². The lowest BCUT2D eigenvalue weighted by Crippen LogP contribution is -2.48. The Morgan fingerprint density at radius 3 is 3.11 bits per heavy atom. The highest BCUT2D eigenvalue weighted by atomic mass is 79.9. The first-order valence-electron chi connectivity index (χ1n) is 6.56. The van der Waals surface area contributed by atoms with E-state index in [1.165, 1.54) is 0 Å². The second kappa shape index (κ2) is 4.71. The molecule has 0 aromatic carbocycles. The van der Waals surface area contributed by atoms with Crippen molar-refractivity contribution in [1.29, 1.82) is 0 Å². The third kappa shape index (κ3) is 2.56. The highest BCUT2D eigenvalue weighted by molar-refractivity contribution is 9.10. The Labute approximate surface area is 120 Å². The number of carbonyl (C=O) groups is 1. The minimum Gasteiger partial charge on any atom is -0.353 e. The molecule has 1 aromatic rings. The summed E-state index contributed by atoms with van der Waals surface area (Å²) in [6.07, 6.45) is 5.08. The summed E-state index contributed by atoms with van der Waals surface area (Å²) in [5, 5.41) is 2.96. The topological polar surface area (TPSA) is 54.4 Å². The van der Waals surface area contributed by atoms with E-state index in [0.29, 0.717) is 6.42 Å². The molecule has 3 rings (SSSR count). The van der Waals surface area contributed by atoms with Crippen LogP contribution in [0.4, 0.5) is 0 Å². The second-order valence-corrected chi connectivity index (χ2v) is 6.41. The van der Waals surface area contributed by atoms with Crippen molar-refractivity contribution >= 4 is 27.5 Å². The number of nitrogens with zero attached hydrogens (tertiary/aromatic N) is 2. The summed E-state index contributed by atoms with van der Waals surface area (Å²) in [6.45, 7) is 2.05. The normalized spacial score (nSPS) is 30.3. The monoisotopic (exact) mass is 321 g/mol.